The van der Waals surface area contributed by atoms with Crippen molar-refractivity contribution < 1.29 is 0 Å². The van der Waals surface area contributed by atoms with E-state index in [1.165, 1.54) is 5.57 Å². The summed E-state index contributed by atoms with van der Waals surface area (Å²) >= 11 is 0. The first-order valence-electron chi connectivity index (χ1n) is 3.16. The summed E-state index contributed by atoms with van der Waals surface area (Å²) in [5.74, 6) is 0. The largest absolute Gasteiger partial charge is 0.327 e. The summed E-state index contributed by atoms with van der Waals surface area (Å²) < 4.78 is 0. The first-order valence-corrected chi connectivity index (χ1v) is 3.16. The van der Waals surface area contributed by atoms with Crippen molar-refractivity contribution in [2.45, 2.75) is 6.42 Å². The van der Waals surface area contributed by atoms with Crippen LogP contribution in [0.5, 0.6) is 0 Å². The Bertz CT molecular complexity index is 163. The fraction of sp³-hybridized carbons (Fsp3) is 0.250. The molecule has 0 aromatic heterocycles. The van der Waals surface area contributed by atoms with Crippen LogP contribution in [0.15, 0.2) is 36.0 Å². The van der Waals surface area contributed by atoms with Gasteiger partial charge in [-0.3, -0.25) is 0 Å². The number of hydrogen-bond acceptors (Lipinski definition) is 1. The van der Waals surface area contributed by atoms with Gasteiger partial charge in [-0.15, -0.1) is 0 Å². The molecule has 0 unspecified atom stereocenters. The molecule has 0 aromatic rings. The summed E-state index contributed by atoms with van der Waals surface area (Å²) in [4.78, 5) is 0. The Balaban J connectivity index is 2.38. The zero-order chi connectivity index (χ0) is 6.53. The van der Waals surface area contributed by atoms with Crippen molar-refractivity contribution in [2.24, 2.45) is 5.73 Å². The average molecular weight is 121 g/mol. The van der Waals surface area contributed by atoms with Gasteiger partial charge in [0.05, 0.1) is 0 Å². The van der Waals surface area contributed by atoms with Gasteiger partial charge >= 0.3 is 0 Å². The minimum absolute atomic E-state index is 0.636. The summed E-state index contributed by atoms with van der Waals surface area (Å²) in [5.41, 5.74) is 6.62. The van der Waals surface area contributed by atoms with Crippen molar-refractivity contribution in [1.82, 2.24) is 0 Å². The van der Waals surface area contributed by atoms with Crippen molar-refractivity contribution in [3.63, 3.8) is 0 Å². The molecule has 1 aliphatic rings. The predicted molar refractivity (Wildman–Crippen MR) is 40.0 cm³/mol. The van der Waals surface area contributed by atoms with Gasteiger partial charge in [0.25, 0.3) is 0 Å². The van der Waals surface area contributed by atoms with Gasteiger partial charge in [-0.1, -0.05) is 30.4 Å². The van der Waals surface area contributed by atoms with Crippen molar-refractivity contribution in [3.8, 4) is 0 Å². The molecule has 48 valence electrons. The minimum Gasteiger partial charge on any atom is -0.327 e. The molecule has 1 rings (SSSR count). The molecule has 0 fully saturated rings. The zero-order valence-corrected chi connectivity index (χ0v) is 5.38. The molecule has 0 aromatic carbocycles. The van der Waals surface area contributed by atoms with E-state index in [0.717, 1.165) is 6.42 Å². The summed E-state index contributed by atoms with van der Waals surface area (Å²) in [6.07, 6.45) is 11.4. The van der Waals surface area contributed by atoms with Crippen LogP contribution in [0.2, 0.25) is 0 Å². The van der Waals surface area contributed by atoms with Crippen LogP contribution in [0.25, 0.3) is 0 Å². The van der Waals surface area contributed by atoms with E-state index in [-0.39, 0.29) is 0 Å². The molecule has 0 saturated carbocycles. The van der Waals surface area contributed by atoms with Crippen LogP contribution in [0.1, 0.15) is 6.42 Å². The lowest BCUT2D eigenvalue weighted by Crippen LogP contribution is -1.92. The molecule has 0 saturated heterocycles. The van der Waals surface area contributed by atoms with Crippen LogP contribution < -0.4 is 5.73 Å². The summed E-state index contributed by atoms with van der Waals surface area (Å²) in [5, 5.41) is 0. The van der Waals surface area contributed by atoms with Gasteiger partial charge in [-0.05, 0) is 12.0 Å². The van der Waals surface area contributed by atoms with E-state index in [4.69, 9.17) is 5.73 Å². The zero-order valence-electron chi connectivity index (χ0n) is 5.38. The molecular weight excluding hydrogens is 110 g/mol. The van der Waals surface area contributed by atoms with Crippen molar-refractivity contribution >= 4 is 0 Å². The number of nitrogens with two attached hydrogens (primary N) is 1. The van der Waals surface area contributed by atoms with Gasteiger partial charge in [-0.25, -0.2) is 0 Å². The maximum atomic E-state index is 5.27. The van der Waals surface area contributed by atoms with E-state index in [2.05, 4.69) is 24.3 Å². The van der Waals surface area contributed by atoms with Crippen LogP contribution in [-0.4, -0.2) is 6.54 Å². The molecule has 0 amide bonds. The van der Waals surface area contributed by atoms with Crippen LogP contribution in [0, 0.1) is 0 Å². The van der Waals surface area contributed by atoms with Gasteiger partial charge < -0.3 is 5.73 Å². The van der Waals surface area contributed by atoms with Gasteiger partial charge in [0.2, 0.25) is 0 Å². The highest BCUT2D eigenvalue weighted by atomic mass is 14.5. The molecule has 0 spiro atoms. The maximum absolute atomic E-state index is 5.27. The second kappa shape index (κ2) is 3.25. The molecule has 2 N–H and O–H groups in total. The van der Waals surface area contributed by atoms with Crippen LogP contribution in [-0.2, 0) is 0 Å². The standard InChI is InChI=1S/C8H11N/c9-7-3-6-8-4-1-2-5-8/h1-4,6H,5,7,9H2. The van der Waals surface area contributed by atoms with E-state index in [0.29, 0.717) is 6.54 Å². The lowest BCUT2D eigenvalue weighted by Gasteiger charge is -1.87. The third kappa shape index (κ3) is 1.86. The van der Waals surface area contributed by atoms with E-state index in [9.17, 15) is 0 Å². The summed E-state index contributed by atoms with van der Waals surface area (Å²) in [7, 11) is 0. The van der Waals surface area contributed by atoms with E-state index in [1.807, 2.05) is 6.08 Å². The fourth-order valence-electron chi connectivity index (χ4n) is 0.807. The Labute approximate surface area is 55.6 Å². The highest BCUT2D eigenvalue weighted by Crippen LogP contribution is 2.10. The molecule has 0 radical (unpaired) electrons. The SMILES string of the molecule is NCC=CC1=CC=CC1. The summed E-state index contributed by atoms with van der Waals surface area (Å²) in [6, 6.07) is 0. The second-order valence-electron chi connectivity index (χ2n) is 2.01. The van der Waals surface area contributed by atoms with E-state index in [1.54, 1.807) is 0 Å². The maximum Gasteiger partial charge on any atom is 0.0110 e. The number of hydrogen-bond donors (Lipinski definition) is 1. The first-order chi connectivity index (χ1) is 4.43. The van der Waals surface area contributed by atoms with Crippen LogP contribution in [0.4, 0.5) is 0 Å². The Kier molecular flexibility index (Phi) is 2.28. The molecule has 1 aliphatic carbocycles. The average Bonchev–Trinajstić information content (AvgIpc) is 2.34. The second-order valence-corrected chi connectivity index (χ2v) is 2.01. The molecule has 1 heteroatoms. The highest BCUT2D eigenvalue weighted by molar-refractivity contribution is 5.31. The van der Waals surface area contributed by atoms with Gasteiger partial charge in [0.1, 0.15) is 0 Å². The molecule has 9 heavy (non-hydrogen) atoms. The van der Waals surface area contributed by atoms with Gasteiger partial charge in [-0.2, -0.15) is 0 Å². The smallest absolute Gasteiger partial charge is 0.0110 e. The van der Waals surface area contributed by atoms with E-state index >= 15 is 0 Å². The Hall–Kier alpha value is -0.820. The first kappa shape index (κ1) is 6.30. The molecule has 1 nitrogen and oxygen atoms in total. The molecule has 0 aliphatic heterocycles. The highest BCUT2D eigenvalue weighted by Gasteiger charge is 1.90. The topological polar surface area (TPSA) is 26.0 Å². The van der Waals surface area contributed by atoms with E-state index < -0.39 is 0 Å². The third-order valence-corrected chi connectivity index (χ3v) is 1.27. The Morgan fingerprint density at radius 1 is 1.67 bits per heavy atom. The van der Waals surface area contributed by atoms with Gasteiger partial charge in [0.15, 0.2) is 0 Å². The lowest BCUT2D eigenvalue weighted by atomic mass is 10.2. The fourth-order valence-corrected chi connectivity index (χ4v) is 0.807. The third-order valence-electron chi connectivity index (χ3n) is 1.27. The number of rotatable bonds is 2. The Morgan fingerprint density at radius 2 is 2.56 bits per heavy atom. The molecule has 0 atom stereocenters. The van der Waals surface area contributed by atoms with Gasteiger partial charge in [0, 0.05) is 6.54 Å². The quantitative estimate of drug-likeness (QED) is 0.587. The van der Waals surface area contributed by atoms with Crippen LogP contribution in [0.3, 0.4) is 0 Å². The monoisotopic (exact) mass is 121 g/mol. The van der Waals surface area contributed by atoms with Crippen molar-refractivity contribution in [3.05, 3.63) is 36.0 Å². The molecule has 0 heterocycles. The summed E-state index contributed by atoms with van der Waals surface area (Å²) in [6.45, 7) is 0.636. The van der Waals surface area contributed by atoms with Crippen molar-refractivity contribution in [2.75, 3.05) is 6.54 Å². The van der Waals surface area contributed by atoms with Crippen LogP contribution >= 0.6 is 0 Å². The lowest BCUT2D eigenvalue weighted by molar-refractivity contribution is 1.23. The Morgan fingerprint density at radius 3 is 3.11 bits per heavy atom. The molecular formula is C8H11N. The number of allylic oxidation sites excluding steroid dienone is 5. The normalized spacial score (nSPS) is 17.2. The molecule has 0 bridgehead atoms. The predicted octanol–water partition coefficient (Wildman–Crippen LogP) is 1.39. The minimum atomic E-state index is 0.636. The van der Waals surface area contributed by atoms with Crippen molar-refractivity contribution in [1.29, 1.82) is 0 Å².